The SMILES string of the molecule is Cc1cccc(OCCCC(=O)Nc2ccccc2-n2cncn2)c1. The number of carbonyl (C=O) groups excluding carboxylic acids is 1. The number of hydrogen-bond acceptors (Lipinski definition) is 4. The topological polar surface area (TPSA) is 69.0 Å². The van der Waals surface area contributed by atoms with Gasteiger partial charge >= 0.3 is 0 Å². The van der Waals surface area contributed by atoms with E-state index in [1.165, 1.54) is 6.33 Å². The minimum Gasteiger partial charge on any atom is -0.494 e. The van der Waals surface area contributed by atoms with E-state index in [2.05, 4.69) is 15.4 Å². The third-order valence-corrected chi connectivity index (χ3v) is 3.65. The van der Waals surface area contributed by atoms with E-state index in [-0.39, 0.29) is 5.91 Å². The van der Waals surface area contributed by atoms with Gasteiger partial charge in [0.2, 0.25) is 5.91 Å². The maximum Gasteiger partial charge on any atom is 0.224 e. The minimum atomic E-state index is -0.0552. The summed E-state index contributed by atoms with van der Waals surface area (Å²) >= 11 is 0. The van der Waals surface area contributed by atoms with Crippen molar-refractivity contribution in [3.8, 4) is 11.4 Å². The van der Waals surface area contributed by atoms with Gasteiger partial charge in [-0.15, -0.1) is 0 Å². The number of hydrogen-bond donors (Lipinski definition) is 1. The van der Waals surface area contributed by atoms with Gasteiger partial charge in [0, 0.05) is 6.42 Å². The van der Waals surface area contributed by atoms with E-state index in [0.717, 1.165) is 17.0 Å². The Morgan fingerprint density at radius 3 is 2.88 bits per heavy atom. The quantitative estimate of drug-likeness (QED) is 0.672. The van der Waals surface area contributed by atoms with Crippen molar-refractivity contribution in [1.29, 1.82) is 0 Å². The summed E-state index contributed by atoms with van der Waals surface area (Å²) < 4.78 is 7.29. The Balaban J connectivity index is 1.50. The molecule has 0 aliphatic rings. The van der Waals surface area contributed by atoms with Crippen molar-refractivity contribution >= 4 is 11.6 Å². The molecular weight excluding hydrogens is 316 g/mol. The van der Waals surface area contributed by atoms with Crippen molar-refractivity contribution in [1.82, 2.24) is 14.8 Å². The largest absolute Gasteiger partial charge is 0.494 e. The van der Waals surface area contributed by atoms with Gasteiger partial charge in [0.05, 0.1) is 18.0 Å². The van der Waals surface area contributed by atoms with Crippen molar-refractivity contribution in [2.45, 2.75) is 19.8 Å². The zero-order valence-electron chi connectivity index (χ0n) is 14.1. The molecule has 1 aromatic heterocycles. The molecule has 0 atom stereocenters. The van der Waals surface area contributed by atoms with Gasteiger partial charge < -0.3 is 10.1 Å². The van der Waals surface area contributed by atoms with Gasteiger partial charge in [-0.25, -0.2) is 9.67 Å². The minimum absolute atomic E-state index is 0.0552. The first-order chi connectivity index (χ1) is 12.2. The molecular formula is C19H20N4O2. The number of benzene rings is 2. The lowest BCUT2D eigenvalue weighted by atomic mass is 10.2. The van der Waals surface area contributed by atoms with Crippen molar-refractivity contribution in [2.24, 2.45) is 0 Å². The zero-order chi connectivity index (χ0) is 17.5. The van der Waals surface area contributed by atoms with E-state index in [4.69, 9.17) is 4.74 Å². The second kappa shape index (κ2) is 8.10. The molecule has 0 spiro atoms. The summed E-state index contributed by atoms with van der Waals surface area (Å²) in [5, 5.41) is 7.03. The summed E-state index contributed by atoms with van der Waals surface area (Å²) in [6, 6.07) is 15.4. The van der Waals surface area contributed by atoms with Crippen molar-refractivity contribution in [2.75, 3.05) is 11.9 Å². The highest BCUT2D eigenvalue weighted by atomic mass is 16.5. The summed E-state index contributed by atoms with van der Waals surface area (Å²) in [5.74, 6) is 0.775. The standard InChI is InChI=1S/C19H20N4O2/c1-15-6-4-7-16(12-15)25-11-5-10-19(24)22-17-8-2-3-9-18(17)23-14-20-13-21-23/h2-4,6-9,12-14H,5,10-11H2,1H3,(H,22,24). The van der Waals surface area contributed by atoms with E-state index in [1.807, 2.05) is 55.5 Å². The van der Waals surface area contributed by atoms with E-state index >= 15 is 0 Å². The lowest BCUT2D eigenvalue weighted by Crippen LogP contribution is -2.14. The molecule has 6 nitrogen and oxygen atoms in total. The monoisotopic (exact) mass is 336 g/mol. The van der Waals surface area contributed by atoms with Crippen molar-refractivity contribution in [3.63, 3.8) is 0 Å². The zero-order valence-corrected chi connectivity index (χ0v) is 14.1. The average Bonchev–Trinajstić information content (AvgIpc) is 3.14. The highest BCUT2D eigenvalue weighted by molar-refractivity contribution is 5.92. The lowest BCUT2D eigenvalue weighted by Gasteiger charge is -2.11. The molecule has 3 aromatic rings. The molecule has 0 aliphatic carbocycles. The first-order valence-corrected chi connectivity index (χ1v) is 8.16. The molecule has 1 N–H and O–H groups in total. The molecule has 6 heteroatoms. The second-order valence-corrected chi connectivity index (χ2v) is 5.67. The maximum absolute atomic E-state index is 12.2. The molecule has 2 aromatic carbocycles. The molecule has 1 heterocycles. The predicted octanol–water partition coefficient (Wildman–Crippen LogP) is 3.37. The number of ether oxygens (including phenoxy) is 1. The molecule has 0 saturated carbocycles. The van der Waals surface area contributed by atoms with E-state index < -0.39 is 0 Å². The Hall–Kier alpha value is -3.15. The Kier molecular flexibility index (Phi) is 5.41. The van der Waals surface area contributed by atoms with Crippen LogP contribution in [-0.2, 0) is 4.79 Å². The highest BCUT2D eigenvalue weighted by Crippen LogP contribution is 2.19. The van der Waals surface area contributed by atoms with Crippen molar-refractivity contribution in [3.05, 3.63) is 66.7 Å². The first-order valence-electron chi connectivity index (χ1n) is 8.16. The molecule has 0 bridgehead atoms. The van der Waals surface area contributed by atoms with Crippen LogP contribution in [-0.4, -0.2) is 27.3 Å². The molecule has 0 aliphatic heterocycles. The van der Waals surface area contributed by atoms with E-state index in [0.29, 0.717) is 25.1 Å². The third kappa shape index (κ3) is 4.67. The van der Waals surface area contributed by atoms with Gasteiger partial charge in [0.1, 0.15) is 18.4 Å². The summed E-state index contributed by atoms with van der Waals surface area (Å²) in [4.78, 5) is 16.1. The van der Waals surface area contributed by atoms with Crippen LogP contribution >= 0.6 is 0 Å². The van der Waals surface area contributed by atoms with Gasteiger partial charge in [-0.05, 0) is 43.2 Å². The van der Waals surface area contributed by atoms with Crippen LogP contribution in [0.15, 0.2) is 61.2 Å². The maximum atomic E-state index is 12.2. The normalized spacial score (nSPS) is 10.4. The number of anilines is 1. The molecule has 128 valence electrons. The number of rotatable bonds is 7. The smallest absolute Gasteiger partial charge is 0.224 e. The van der Waals surface area contributed by atoms with Gasteiger partial charge in [0.15, 0.2) is 0 Å². The fourth-order valence-corrected chi connectivity index (χ4v) is 2.45. The van der Waals surface area contributed by atoms with Crippen LogP contribution in [0.25, 0.3) is 5.69 Å². The van der Waals surface area contributed by atoms with Crippen LogP contribution in [0.3, 0.4) is 0 Å². The Morgan fingerprint density at radius 2 is 2.08 bits per heavy atom. The number of amides is 1. The van der Waals surface area contributed by atoms with Gasteiger partial charge in [-0.1, -0.05) is 24.3 Å². The molecule has 3 rings (SSSR count). The number of nitrogens with one attached hydrogen (secondary N) is 1. The number of aromatic nitrogens is 3. The molecule has 0 radical (unpaired) electrons. The molecule has 1 amide bonds. The van der Waals surface area contributed by atoms with Gasteiger partial charge in [0.25, 0.3) is 0 Å². The number of para-hydroxylation sites is 2. The Labute approximate surface area is 146 Å². The number of aryl methyl sites for hydroxylation is 1. The Bertz CT molecular complexity index is 831. The summed E-state index contributed by atoms with van der Waals surface area (Å²) in [6.45, 7) is 2.52. The molecule has 0 saturated heterocycles. The summed E-state index contributed by atoms with van der Waals surface area (Å²) in [6.07, 6.45) is 4.09. The third-order valence-electron chi connectivity index (χ3n) is 3.65. The van der Waals surface area contributed by atoms with Gasteiger partial charge in [-0.2, -0.15) is 5.10 Å². The fourth-order valence-electron chi connectivity index (χ4n) is 2.45. The van der Waals surface area contributed by atoms with Crippen LogP contribution < -0.4 is 10.1 Å². The van der Waals surface area contributed by atoms with Crippen LogP contribution in [0.4, 0.5) is 5.69 Å². The lowest BCUT2D eigenvalue weighted by molar-refractivity contribution is -0.116. The van der Waals surface area contributed by atoms with Crippen LogP contribution in [0, 0.1) is 6.92 Å². The highest BCUT2D eigenvalue weighted by Gasteiger charge is 2.08. The van der Waals surface area contributed by atoms with E-state index in [1.54, 1.807) is 11.0 Å². The van der Waals surface area contributed by atoms with Crippen LogP contribution in [0.2, 0.25) is 0 Å². The van der Waals surface area contributed by atoms with Gasteiger partial charge in [-0.3, -0.25) is 4.79 Å². The number of nitrogens with zero attached hydrogens (tertiary/aromatic N) is 3. The summed E-state index contributed by atoms with van der Waals surface area (Å²) in [5.41, 5.74) is 2.64. The fraction of sp³-hybridized carbons (Fsp3) is 0.211. The summed E-state index contributed by atoms with van der Waals surface area (Å²) in [7, 11) is 0. The molecule has 0 fully saturated rings. The molecule has 0 unspecified atom stereocenters. The van der Waals surface area contributed by atoms with Crippen LogP contribution in [0.5, 0.6) is 5.75 Å². The van der Waals surface area contributed by atoms with Crippen molar-refractivity contribution < 1.29 is 9.53 Å². The van der Waals surface area contributed by atoms with Crippen LogP contribution in [0.1, 0.15) is 18.4 Å². The average molecular weight is 336 g/mol. The van der Waals surface area contributed by atoms with E-state index in [9.17, 15) is 4.79 Å². The number of carbonyl (C=O) groups is 1. The molecule has 25 heavy (non-hydrogen) atoms. The second-order valence-electron chi connectivity index (χ2n) is 5.67. The first kappa shape index (κ1) is 16.7. The Morgan fingerprint density at radius 1 is 1.20 bits per heavy atom. The predicted molar refractivity (Wildman–Crippen MR) is 95.9 cm³/mol.